The molecule has 17 heavy (non-hydrogen) atoms. The molecule has 3 heteroatoms. The number of ether oxygens (including phenoxy) is 1. The lowest BCUT2D eigenvalue weighted by atomic mass is 9.83. The molecule has 2 rings (SSSR count). The third kappa shape index (κ3) is 3.62. The van der Waals surface area contributed by atoms with Crippen LogP contribution in [0.15, 0.2) is 18.3 Å². The Morgan fingerprint density at radius 3 is 3.12 bits per heavy atom. The van der Waals surface area contributed by atoms with Crippen molar-refractivity contribution in [3.05, 3.63) is 18.3 Å². The molecular formula is C14H22N2O. The number of nitrogens with one attached hydrogen (secondary N) is 1. The number of aromatic nitrogens is 1. The fraction of sp³-hybridized carbons (Fsp3) is 0.643. The summed E-state index contributed by atoms with van der Waals surface area (Å²) in [5.74, 6) is 3.37. The Balaban J connectivity index is 1.84. The molecule has 3 nitrogen and oxygen atoms in total. The number of nitrogens with zero attached hydrogens (tertiary/aromatic N) is 1. The van der Waals surface area contributed by atoms with Gasteiger partial charge < -0.3 is 10.1 Å². The summed E-state index contributed by atoms with van der Waals surface area (Å²) in [6, 6.07) is 3.87. The highest BCUT2D eigenvalue weighted by Crippen LogP contribution is 2.29. The lowest BCUT2D eigenvalue weighted by Crippen LogP contribution is -2.19. The van der Waals surface area contributed by atoms with Gasteiger partial charge in [0.25, 0.3) is 0 Å². The molecule has 1 N–H and O–H groups in total. The van der Waals surface area contributed by atoms with E-state index in [1.165, 1.54) is 25.7 Å². The van der Waals surface area contributed by atoms with Crippen LogP contribution in [-0.2, 0) is 0 Å². The number of rotatable bonds is 4. The van der Waals surface area contributed by atoms with Crippen molar-refractivity contribution in [2.24, 2.45) is 11.8 Å². The van der Waals surface area contributed by atoms with Crippen LogP contribution in [0, 0.1) is 11.8 Å². The predicted molar refractivity (Wildman–Crippen MR) is 70.4 cm³/mol. The quantitative estimate of drug-likeness (QED) is 0.867. The van der Waals surface area contributed by atoms with Crippen LogP contribution < -0.4 is 10.1 Å². The minimum absolute atomic E-state index is 0.727. The van der Waals surface area contributed by atoms with Crippen LogP contribution in [-0.4, -0.2) is 18.6 Å². The topological polar surface area (TPSA) is 34.1 Å². The second-order valence-corrected chi connectivity index (χ2v) is 5.08. The molecule has 0 radical (unpaired) electrons. The SMILES string of the molecule is CNc1cc(OCC2CCCC(C)C2)ccn1. The number of pyridine rings is 1. The zero-order valence-electron chi connectivity index (χ0n) is 10.8. The van der Waals surface area contributed by atoms with Crippen LogP contribution in [0.5, 0.6) is 5.75 Å². The van der Waals surface area contributed by atoms with Gasteiger partial charge in [-0.05, 0) is 30.7 Å². The van der Waals surface area contributed by atoms with Gasteiger partial charge in [-0.2, -0.15) is 0 Å². The zero-order valence-corrected chi connectivity index (χ0v) is 10.8. The second kappa shape index (κ2) is 5.89. The molecule has 0 saturated heterocycles. The van der Waals surface area contributed by atoms with Crippen LogP contribution >= 0.6 is 0 Å². The second-order valence-electron chi connectivity index (χ2n) is 5.08. The Bertz CT molecular complexity index is 354. The fourth-order valence-corrected chi connectivity index (χ4v) is 2.56. The Morgan fingerprint density at radius 2 is 2.35 bits per heavy atom. The first-order valence-corrected chi connectivity index (χ1v) is 6.54. The molecule has 94 valence electrons. The molecule has 1 saturated carbocycles. The van der Waals surface area contributed by atoms with Crippen molar-refractivity contribution < 1.29 is 4.74 Å². The van der Waals surface area contributed by atoms with Crippen LogP contribution in [0.3, 0.4) is 0 Å². The normalized spacial score (nSPS) is 24.4. The average molecular weight is 234 g/mol. The van der Waals surface area contributed by atoms with E-state index in [9.17, 15) is 0 Å². The Morgan fingerprint density at radius 1 is 1.47 bits per heavy atom. The van der Waals surface area contributed by atoms with Gasteiger partial charge in [0.05, 0.1) is 6.61 Å². The molecule has 1 heterocycles. The molecule has 1 aromatic heterocycles. The standard InChI is InChI=1S/C14H22N2O/c1-11-4-3-5-12(8-11)10-17-13-6-7-16-14(9-13)15-2/h6-7,9,11-12H,3-5,8,10H2,1-2H3,(H,15,16). The number of hydrogen-bond donors (Lipinski definition) is 1. The monoisotopic (exact) mass is 234 g/mol. The summed E-state index contributed by atoms with van der Waals surface area (Å²) in [7, 11) is 1.87. The van der Waals surface area contributed by atoms with Gasteiger partial charge in [-0.1, -0.05) is 19.8 Å². The van der Waals surface area contributed by atoms with Crippen molar-refractivity contribution in [3.8, 4) is 5.75 Å². The lowest BCUT2D eigenvalue weighted by molar-refractivity contribution is 0.182. The number of anilines is 1. The first-order valence-electron chi connectivity index (χ1n) is 6.54. The van der Waals surface area contributed by atoms with Crippen LogP contribution in [0.2, 0.25) is 0 Å². The first kappa shape index (κ1) is 12.2. The van der Waals surface area contributed by atoms with Crippen molar-refractivity contribution in [1.82, 2.24) is 4.98 Å². The van der Waals surface area contributed by atoms with Gasteiger partial charge in [0, 0.05) is 19.3 Å². The smallest absolute Gasteiger partial charge is 0.129 e. The van der Waals surface area contributed by atoms with Crippen molar-refractivity contribution in [3.63, 3.8) is 0 Å². The Hall–Kier alpha value is -1.25. The first-order chi connectivity index (χ1) is 8.28. The van der Waals surface area contributed by atoms with Gasteiger partial charge in [0.2, 0.25) is 0 Å². The van der Waals surface area contributed by atoms with E-state index in [1.807, 2.05) is 19.2 Å². The highest BCUT2D eigenvalue weighted by molar-refractivity contribution is 5.39. The van der Waals surface area contributed by atoms with Crippen molar-refractivity contribution in [1.29, 1.82) is 0 Å². The molecule has 0 amide bonds. The van der Waals surface area contributed by atoms with E-state index in [-0.39, 0.29) is 0 Å². The Labute approximate surface area is 104 Å². The summed E-state index contributed by atoms with van der Waals surface area (Å²) in [6.45, 7) is 3.19. The lowest BCUT2D eigenvalue weighted by Gasteiger charge is -2.26. The minimum Gasteiger partial charge on any atom is -0.493 e. The van der Waals surface area contributed by atoms with Gasteiger partial charge in [-0.25, -0.2) is 4.98 Å². The maximum Gasteiger partial charge on any atom is 0.129 e. The molecule has 0 spiro atoms. The maximum absolute atomic E-state index is 5.86. The van der Waals surface area contributed by atoms with Crippen molar-refractivity contribution >= 4 is 5.82 Å². The summed E-state index contributed by atoms with van der Waals surface area (Å²) in [4.78, 5) is 4.17. The molecule has 1 aliphatic carbocycles. The molecule has 0 bridgehead atoms. The van der Waals surface area contributed by atoms with Gasteiger partial charge in [0.15, 0.2) is 0 Å². The largest absolute Gasteiger partial charge is 0.493 e. The molecule has 2 unspecified atom stereocenters. The Kier molecular flexibility index (Phi) is 4.24. The van der Waals surface area contributed by atoms with E-state index < -0.39 is 0 Å². The van der Waals surface area contributed by atoms with Gasteiger partial charge in [0.1, 0.15) is 11.6 Å². The van der Waals surface area contributed by atoms with Gasteiger partial charge in [-0.15, -0.1) is 0 Å². The zero-order chi connectivity index (χ0) is 12.1. The maximum atomic E-state index is 5.86. The molecule has 0 aromatic carbocycles. The summed E-state index contributed by atoms with van der Waals surface area (Å²) >= 11 is 0. The van der Waals surface area contributed by atoms with E-state index in [4.69, 9.17) is 4.74 Å². The van der Waals surface area contributed by atoms with E-state index >= 15 is 0 Å². The summed E-state index contributed by atoms with van der Waals surface area (Å²) in [5, 5.41) is 3.02. The average Bonchev–Trinajstić information content (AvgIpc) is 2.37. The van der Waals surface area contributed by atoms with Crippen molar-refractivity contribution in [2.45, 2.75) is 32.6 Å². The number of hydrogen-bond acceptors (Lipinski definition) is 3. The third-order valence-electron chi connectivity index (χ3n) is 3.52. The molecule has 1 fully saturated rings. The summed E-state index contributed by atoms with van der Waals surface area (Å²) in [6.07, 6.45) is 7.14. The van der Waals surface area contributed by atoms with E-state index in [2.05, 4.69) is 17.2 Å². The van der Waals surface area contributed by atoms with Gasteiger partial charge in [-0.3, -0.25) is 0 Å². The summed E-state index contributed by atoms with van der Waals surface area (Å²) < 4.78 is 5.86. The van der Waals surface area contributed by atoms with E-state index in [0.29, 0.717) is 0 Å². The summed E-state index contributed by atoms with van der Waals surface area (Å²) in [5.41, 5.74) is 0. The van der Waals surface area contributed by atoms with Crippen LogP contribution in [0.25, 0.3) is 0 Å². The third-order valence-corrected chi connectivity index (χ3v) is 3.52. The van der Waals surface area contributed by atoms with Crippen LogP contribution in [0.1, 0.15) is 32.6 Å². The predicted octanol–water partition coefficient (Wildman–Crippen LogP) is 3.33. The fourth-order valence-electron chi connectivity index (χ4n) is 2.56. The van der Waals surface area contributed by atoms with Crippen LogP contribution in [0.4, 0.5) is 5.82 Å². The van der Waals surface area contributed by atoms with Crippen molar-refractivity contribution in [2.75, 3.05) is 19.0 Å². The van der Waals surface area contributed by atoms with E-state index in [1.54, 1.807) is 6.20 Å². The van der Waals surface area contributed by atoms with E-state index in [0.717, 1.165) is 30.0 Å². The highest BCUT2D eigenvalue weighted by Gasteiger charge is 2.19. The van der Waals surface area contributed by atoms with Gasteiger partial charge >= 0.3 is 0 Å². The minimum atomic E-state index is 0.727. The highest BCUT2D eigenvalue weighted by atomic mass is 16.5. The molecule has 2 atom stereocenters. The molecule has 0 aliphatic heterocycles. The molecule has 1 aliphatic rings. The molecule has 1 aromatic rings. The molecular weight excluding hydrogens is 212 g/mol.